The van der Waals surface area contributed by atoms with Crippen LogP contribution in [0, 0.1) is 0 Å². The highest BCUT2D eigenvalue weighted by Gasteiger charge is 2.26. The number of benzene rings is 1. The normalized spacial score (nSPS) is 12.3. The quantitative estimate of drug-likeness (QED) is 0.841. The number of sulfonamides is 1. The Morgan fingerprint density at radius 2 is 1.85 bits per heavy atom. The standard InChI is InChI=1S/C15H26N2O2S/c1-5-9-17(12(3)4)20(18,19)15-8-7-13(6-2)14(10-15)11-16/h7-8,10,12H,5-6,9,11,16H2,1-4H3. The number of hydrogen-bond donors (Lipinski definition) is 1. The smallest absolute Gasteiger partial charge is 0.243 e. The van der Waals surface area contributed by atoms with E-state index in [1.807, 2.05) is 33.8 Å². The molecule has 1 aromatic carbocycles. The molecule has 0 saturated heterocycles. The van der Waals surface area contributed by atoms with Crippen molar-refractivity contribution in [1.82, 2.24) is 4.31 Å². The Labute approximate surface area is 123 Å². The lowest BCUT2D eigenvalue weighted by molar-refractivity contribution is 0.354. The summed E-state index contributed by atoms with van der Waals surface area (Å²) in [4.78, 5) is 0.345. The first-order chi connectivity index (χ1) is 9.38. The molecule has 114 valence electrons. The largest absolute Gasteiger partial charge is 0.326 e. The van der Waals surface area contributed by atoms with Crippen molar-refractivity contribution in [2.24, 2.45) is 5.73 Å². The first-order valence-electron chi connectivity index (χ1n) is 7.22. The van der Waals surface area contributed by atoms with Gasteiger partial charge in [-0.25, -0.2) is 8.42 Å². The summed E-state index contributed by atoms with van der Waals surface area (Å²) in [6.07, 6.45) is 1.66. The van der Waals surface area contributed by atoms with Gasteiger partial charge in [-0.3, -0.25) is 0 Å². The maximum Gasteiger partial charge on any atom is 0.243 e. The second-order valence-corrected chi connectivity index (χ2v) is 7.09. The molecule has 0 saturated carbocycles. The summed E-state index contributed by atoms with van der Waals surface area (Å²) in [6.45, 7) is 8.72. The average molecular weight is 298 g/mol. The molecule has 1 aromatic rings. The fraction of sp³-hybridized carbons (Fsp3) is 0.600. The monoisotopic (exact) mass is 298 g/mol. The van der Waals surface area contributed by atoms with E-state index >= 15 is 0 Å². The van der Waals surface area contributed by atoms with Gasteiger partial charge in [0.2, 0.25) is 10.0 Å². The van der Waals surface area contributed by atoms with Gasteiger partial charge in [-0.2, -0.15) is 4.31 Å². The predicted octanol–water partition coefficient (Wildman–Crippen LogP) is 2.52. The fourth-order valence-electron chi connectivity index (χ4n) is 2.31. The zero-order valence-electron chi connectivity index (χ0n) is 12.9. The Morgan fingerprint density at radius 1 is 1.20 bits per heavy atom. The first-order valence-corrected chi connectivity index (χ1v) is 8.66. The van der Waals surface area contributed by atoms with Gasteiger partial charge in [0.25, 0.3) is 0 Å². The molecule has 0 aliphatic carbocycles. The molecule has 5 heteroatoms. The molecule has 0 aliphatic rings. The van der Waals surface area contributed by atoms with Crippen molar-refractivity contribution in [3.8, 4) is 0 Å². The van der Waals surface area contributed by atoms with Crippen LogP contribution in [0.2, 0.25) is 0 Å². The van der Waals surface area contributed by atoms with Crippen LogP contribution < -0.4 is 5.73 Å². The van der Waals surface area contributed by atoms with E-state index in [0.717, 1.165) is 24.0 Å². The highest BCUT2D eigenvalue weighted by atomic mass is 32.2. The summed E-state index contributed by atoms with van der Waals surface area (Å²) in [5.74, 6) is 0. The van der Waals surface area contributed by atoms with Crippen molar-refractivity contribution in [2.45, 2.75) is 58.0 Å². The minimum atomic E-state index is -3.44. The van der Waals surface area contributed by atoms with E-state index in [1.165, 1.54) is 0 Å². The summed E-state index contributed by atoms with van der Waals surface area (Å²) in [7, 11) is -3.44. The van der Waals surface area contributed by atoms with Crippen molar-refractivity contribution >= 4 is 10.0 Å². The Bertz CT molecular complexity index is 539. The van der Waals surface area contributed by atoms with Crippen LogP contribution >= 0.6 is 0 Å². The molecule has 0 spiro atoms. The molecule has 0 fully saturated rings. The van der Waals surface area contributed by atoms with Crippen LogP contribution in [0.25, 0.3) is 0 Å². The van der Waals surface area contributed by atoms with E-state index in [0.29, 0.717) is 18.0 Å². The third-order valence-electron chi connectivity index (χ3n) is 3.41. The second-order valence-electron chi connectivity index (χ2n) is 5.20. The van der Waals surface area contributed by atoms with Crippen LogP contribution in [0.15, 0.2) is 23.1 Å². The molecular formula is C15H26N2O2S. The average Bonchev–Trinajstić information content (AvgIpc) is 2.43. The molecule has 0 aliphatic heterocycles. The fourth-order valence-corrected chi connectivity index (χ4v) is 4.09. The highest BCUT2D eigenvalue weighted by molar-refractivity contribution is 7.89. The summed E-state index contributed by atoms with van der Waals surface area (Å²) in [5.41, 5.74) is 7.74. The lowest BCUT2D eigenvalue weighted by Gasteiger charge is -2.25. The minimum absolute atomic E-state index is 0.0490. The maximum atomic E-state index is 12.7. The van der Waals surface area contributed by atoms with Gasteiger partial charge in [-0.15, -0.1) is 0 Å². The molecule has 0 heterocycles. The van der Waals surface area contributed by atoms with E-state index in [4.69, 9.17) is 5.73 Å². The topological polar surface area (TPSA) is 63.4 Å². The van der Waals surface area contributed by atoms with Crippen LogP contribution in [0.4, 0.5) is 0 Å². The Balaban J connectivity index is 3.27. The van der Waals surface area contributed by atoms with E-state index in [1.54, 1.807) is 16.4 Å². The van der Waals surface area contributed by atoms with Gasteiger partial charge < -0.3 is 5.73 Å². The zero-order chi connectivity index (χ0) is 15.3. The summed E-state index contributed by atoms with van der Waals surface area (Å²) >= 11 is 0. The number of rotatable bonds is 7. The van der Waals surface area contributed by atoms with Crippen molar-refractivity contribution in [3.05, 3.63) is 29.3 Å². The highest BCUT2D eigenvalue weighted by Crippen LogP contribution is 2.22. The zero-order valence-corrected chi connectivity index (χ0v) is 13.7. The van der Waals surface area contributed by atoms with Crippen molar-refractivity contribution in [2.75, 3.05) is 6.54 Å². The van der Waals surface area contributed by atoms with Crippen LogP contribution in [-0.4, -0.2) is 25.3 Å². The van der Waals surface area contributed by atoms with Gasteiger partial charge in [-0.05, 0) is 49.9 Å². The van der Waals surface area contributed by atoms with Crippen LogP contribution in [0.3, 0.4) is 0 Å². The van der Waals surface area contributed by atoms with E-state index < -0.39 is 10.0 Å². The molecule has 2 N–H and O–H groups in total. The summed E-state index contributed by atoms with van der Waals surface area (Å²) in [5, 5.41) is 0. The van der Waals surface area contributed by atoms with Gasteiger partial charge in [0.1, 0.15) is 0 Å². The molecule has 0 bridgehead atoms. The predicted molar refractivity (Wildman–Crippen MR) is 83.0 cm³/mol. The third kappa shape index (κ3) is 3.59. The van der Waals surface area contributed by atoms with Gasteiger partial charge in [0.15, 0.2) is 0 Å². The van der Waals surface area contributed by atoms with Gasteiger partial charge in [0.05, 0.1) is 4.90 Å². The van der Waals surface area contributed by atoms with E-state index in [2.05, 4.69) is 0 Å². The number of nitrogens with two attached hydrogens (primary N) is 1. The maximum absolute atomic E-state index is 12.7. The molecule has 0 unspecified atom stereocenters. The van der Waals surface area contributed by atoms with Gasteiger partial charge in [-0.1, -0.05) is 19.9 Å². The molecule has 0 radical (unpaired) electrons. The lowest BCUT2D eigenvalue weighted by Crippen LogP contribution is -2.37. The van der Waals surface area contributed by atoms with Gasteiger partial charge in [0, 0.05) is 19.1 Å². The molecule has 20 heavy (non-hydrogen) atoms. The van der Waals surface area contributed by atoms with E-state index in [9.17, 15) is 8.42 Å². The van der Waals surface area contributed by atoms with Crippen molar-refractivity contribution < 1.29 is 8.42 Å². The Hall–Kier alpha value is -0.910. The Kier molecular flexibility index (Phi) is 6.17. The van der Waals surface area contributed by atoms with Gasteiger partial charge >= 0.3 is 0 Å². The number of nitrogens with zero attached hydrogens (tertiary/aromatic N) is 1. The summed E-state index contributed by atoms with van der Waals surface area (Å²) < 4.78 is 27.0. The lowest BCUT2D eigenvalue weighted by atomic mass is 10.1. The third-order valence-corrected chi connectivity index (χ3v) is 5.48. The molecule has 0 aromatic heterocycles. The molecular weight excluding hydrogens is 272 g/mol. The first kappa shape index (κ1) is 17.1. The van der Waals surface area contributed by atoms with Crippen LogP contribution in [0.1, 0.15) is 45.2 Å². The van der Waals surface area contributed by atoms with Crippen molar-refractivity contribution in [1.29, 1.82) is 0 Å². The SMILES string of the molecule is CCCN(C(C)C)S(=O)(=O)c1ccc(CC)c(CN)c1. The number of aryl methyl sites for hydroxylation is 1. The Morgan fingerprint density at radius 3 is 2.30 bits per heavy atom. The number of hydrogen-bond acceptors (Lipinski definition) is 3. The second kappa shape index (κ2) is 7.20. The molecule has 0 amide bonds. The molecule has 1 rings (SSSR count). The molecule has 0 atom stereocenters. The van der Waals surface area contributed by atoms with E-state index in [-0.39, 0.29) is 6.04 Å². The minimum Gasteiger partial charge on any atom is -0.326 e. The molecule has 4 nitrogen and oxygen atoms in total. The van der Waals surface area contributed by atoms with Crippen LogP contribution in [0.5, 0.6) is 0 Å². The van der Waals surface area contributed by atoms with Crippen LogP contribution in [-0.2, 0) is 23.0 Å². The summed E-state index contributed by atoms with van der Waals surface area (Å²) in [6, 6.07) is 5.24. The van der Waals surface area contributed by atoms with Crippen molar-refractivity contribution in [3.63, 3.8) is 0 Å².